The summed E-state index contributed by atoms with van der Waals surface area (Å²) in [5.41, 5.74) is 0.479. The third-order valence-electron chi connectivity index (χ3n) is 4.29. The average Bonchev–Trinajstić information content (AvgIpc) is 3.08. The minimum atomic E-state index is -4.58. The van der Waals surface area contributed by atoms with Gasteiger partial charge in [-0.05, 0) is 43.7 Å². The second-order valence-electron chi connectivity index (χ2n) is 6.18. The molecule has 6 nitrogen and oxygen atoms in total. The Labute approximate surface area is 156 Å². The number of fused-ring (bicyclic) bond motifs is 1. The van der Waals surface area contributed by atoms with Crippen LogP contribution in [0.5, 0.6) is 5.75 Å². The van der Waals surface area contributed by atoms with Crippen LogP contribution in [-0.2, 0) is 24.0 Å². The number of halogens is 3. The van der Waals surface area contributed by atoms with Crippen molar-refractivity contribution in [3.8, 4) is 5.75 Å². The van der Waals surface area contributed by atoms with Crippen molar-refractivity contribution in [2.45, 2.75) is 33.1 Å². The van der Waals surface area contributed by atoms with Gasteiger partial charge in [0, 0.05) is 10.9 Å². The summed E-state index contributed by atoms with van der Waals surface area (Å²) in [6, 6.07) is 5.16. The Morgan fingerprint density at radius 1 is 1.11 bits per heavy atom. The second kappa shape index (κ2) is 7.06. The normalized spacial score (nSPS) is 11.8. The smallest absolute Gasteiger partial charge is 0.449 e. The molecule has 0 amide bonds. The zero-order chi connectivity index (χ0) is 20.6. The van der Waals surface area contributed by atoms with Gasteiger partial charge in [-0.3, -0.25) is 4.79 Å². The van der Waals surface area contributed by atoms with E-state index in [1.807, 2.05) is 0 Å². The highest BCUT2D eigenvalue weighted by Gasteiger charge is 2.34. The number of carbonyl (C=O) groups is 1. The first-order valence-electron chi connectivity index (χ1n) is 8.14. The zero-order valence-corrected chi connectivity index (χ0v) is 14.8. The van der Waals surface area contributed by atoms with Crippen LogP contribution in [0.3, 0.4) is 0 Å². The van der Waals surface area contributed by atoms with Crippen LogP contribution in [-0.4, -0.2) is 11.1 Å². The summed E-state index contributed by atoms with van der Waals surface area (Å²) < 4.78 is 53.2. The Morgan fingerprint density at radius 2 is 1.82 bits per heavy atom. The molecular weight excluding hydrogens is 381 g/mol. The van der Waals surface area contributed by atoms with Crippen molar-refractivity contribution in [2.24, 2.45) is 0 Å². The van der Waals surface area contributed by atoms with E-state index < -0.39 is 30.0 Å². The van der Waals surface area contributed by atoms with E-state index in [0.29, 0.717) is 22.3 Å². The maximum absolute atomic E-state index is 12.6. The quantitative estimate of drug-likeness (QED) is 0.650. The minimum absolute atomic E-state index is 0.0127. The summed E-state index contributed by atoms with van der Waals surface area (Å²) in [5.74, 6) is -1.98. The van der Waals surface area contributed by atoms with E-state index in [1.54, 1.807) is 26.0 Å². The number of hydrogen-bond donors (Lipinski definition) is 1. The molecule has 1 aromatic carbocycles. The minimum Gasteiger partial charge on any atom is -0.485 e. The highest BCUT2D eigenvalue weighted by molar-refractivity contribution is 5.86. The van der Waals surface area contributed by atoms with Crippen molar-refractivity contribution in [1.29, 1.82) is 0 Å². The van der Waals surface area contributed by atoms with Crippen molar-refractivity contribution in [2.75, 3.05) is 0 Å². The van der Waals surface area contributed by atoms with Crippen LogP contribution in [0.2, 0.25) is 0 Å². The van der Waals surface area contributed by atoms with Crippen molar-refractivity contribution < 1.29 is 36.6 Å². The lowest BCUT2D eigenvalue weighted by Crippen LogP contribution is -2.15. The average molecular weight is 396 g/mol. The predicted octanol–water partition coefficient (Wildman–Crippen LogP) is 4.23. The van der Waals surface area contributed by atoms with Crippen molar-refractivity contribution >= 4 is 16.9 Å². The fourth-order valence-electron chi connectivity index (χ4n) is 2.84. The number of furan rings is 1. The molecule has 0 aliphatic rings. The fourth-order valence-corrected chi connectivity index (χ4v) is 2.84. The second-order valence-corrected chi connectivity index (χ2v) is 6.18. The Morgan fingerprint density at radius 3 is 2.43 bits per heavy atom. The highest BCUT2D eigenvalue weighted by atomic mass is 19.4. The molecule has 148 valence electrons. The molecule has 3 rings (SSSR count). The van der Waals surface area contributed by atoms with Gasteiger partial charge in [0.05, 0.1) is 12.0 Å². The van der Waals surface area contributed by atoms with Crippen LogP contribution in [0.1, 0.15) is 28.2 Å². The maximum atomic E-state index is 12.6. The first kappa shape index (κ1) is 19.5. The van der Waals surface area contributed by atoms with Crippen LogP contribution < -0.4 is 10.4 Å². The number of alkyl halides is 3. The van der Waals surface area contributed by atoms with Gasteiger partial charge in [0.1, 0.15) is 23.7 Å². The van der Waals surface area contributed by atoms with Gasteiger partial charge in [-0.25, -0.2) is 4.79 Å². The largest absolute Gasteiger partial charge is 0.485 e. The van der Waals surface area contributed by atoms with Crippen molar-refractivity contribution in [1.82, 2.24) is 0 Å². The topological polar surface area (TPSA) is 89.9 Å². The first-order valence-corrected chi connectivity index (χ1v) is 8.14. The number of benzene rings is 1. The van der Waals surface area contributed by atoms with Crippen LogP contribution in [0, 0.1) is 13.8 Å². The molecule has 0 spiro atoms. The standard InChI is InChI=1S/C19H15F3O6/c1-9-12-4-5-14(26-8-11-3-6-15(27-11)19(20,21)22)10(2)17(12)28-18(25)13(9)7-16(23)24/h3-6H,7-8H2,1-2H3,(H,23,24). The fraction of sp³-hybridized carbons (Fsp3) is 0.263. The van der Waals surface area contributed by atoms with E-state index >= 15 is 0 Å². The molecule has 0 bridgehead atoms. The summed E-state index contributed by atoms with van der Waals surface area (Å²) in [6.07, 6.45) is -5.03. The molecule has 2 heterocycles. The summed E-state index contributed by atoms with van der Waals surface area (Å²) in [7, 11) is 0. The lowest BCUT2D eigenvalue weighted by Gasteiger charge is -2.12. The Bertz CT molecular complexity index is 1110. The van der Waals surface area contributed by atoms with E-state index in [0.717, 1.165) is 6.07 Å². The molecule has 2 aromatic heterocycles. The van der Waals surface area contributed by atoms with Crippen LogP contribution in [0.15, 0.2) is 37.9 Å². The molecule has 0 fully saturated rings. The summed E-state index contributed by atoms with van der Waals surface area (Å²) in [5, 5.41) is 9.49. The number of hydrogen-bond acceptors (Lipinski definition) is 5. The van der Waals surface area contributed by atoms with Gasteiger partial charge < -0.3 is 18.7 Å². The van der Waals surface area contributed by atoms with Crippen molar-refractivity contribution in [3.63, 3.8) is 0 Å². The molecule has 9 heteroatoms. The number of carboxylic acids is 1. The van der Waals surface area contributed by atoms with Crippen LogP contribution in [0.4, 0.5) is 13.2 Å². The van der Waals surface area contributed by atoms with Gasteiger partial charge in [0.2, 0.25) is 5.76 Å². The third kappa shape index (κ3) is 3.73. The molecule has 0 radical (unpaired) electrons. The molecule has 0 atom stereocenters. The van der Waals surface area contributed by atoms with Crippen LogP contribution >= 0.6 is 0 Å². The van der Waals surface area contributed by atoms with E-state index in [9.17, 15) is 22.8 Å². The third-order valence-corrected chi connectivity index (χ3v) is 4.29. The van der Waals surface area contributed by atoms with E-state index in [2.05, 4.69) is 0 Å². The Hall–Kier alpha value is -3.23. The van der Waals surface area contributed by atoms with Gasteiger partial charge in [0.15, 0.2) is 0 Å². The van der Waals surface area contributed by atoms with E-state index in [1.165, 1.54) is 6.07 Å². The lowest BCUT2D eigenvalue weighted by molar-refractivity contribution is -0.153. The first-order chi connectivity index (χ1) is 13.1. The van der Waals surface area contributed by atoms with Gasteiger partial charge in [-0.2, -0.15) is 13.2 Å². The number of carboxylic acid groups (broad SMARTS) is 1. The van der Waals surface area contributed by atoms with E-state index in [4.69, 9.17) is 18.7 Å². The van der Waals surface area contributed by atoms with E-state index in [-0.39, 0.29) is 23.5 Å². The number of aliphatic carboxylic acids is 1. The number of rotatable bonds is 5. The molecule has 3 aromatic rings. The highest BCUT2D eigenvalue weighted by Crippen LogP contribution is 2.32. The predicted molar refractivity (Wildman–Crippen MR) is 91.3 cm³/mol. The number of aryl methyl sites for hydroxylation is 2. The molecule has 0 unspecified atom stereocenters. The summed E-state index contributed by atoms with van der Waals surface area (Å²) in [6.45, 7) is 3.00. The summed E-state index contributed by atoms with van der Waals surface area (Å²) in [4.78, 5) is 23.1. The van der Waals surface area contributed by atoms with Crippen molar-refractivity contribution in [3.05, 3.63) is 62.9 Å². The molecule has 0 aliphatic heterocycles. The van der Waals surface area contributed by atoms with Gasteiger partial charge in [-0.1, -0.05) is 0 Å². The lowest BCUT2D eigenvalue weighted by atomic mass is 10.0. The maximum Gasteiger partial charge on any atom is 0.449 e. The SMILES string of the molecule is Cc1c(CC(=O)O)c(=O)oc2c(C)c(OCc3ccc(C(F)(F)F)o3)ccc12. The molecular formula is C19H15F3O6. The summed E-state index contributed by atoms with van der Waals surface area (Å²) >= 11 is 0. The number of ether oxygens (including phenoxy) is 1. The van der Waals surface area contributed by atoms with Gasteiger partial charge >= 0.3 is 17.8 Å². The molecule has 0 aliphatic carbocycles. The molecule has 28 heavy (non-hydrogen) atoms. The Kier molecular flexibility index (Phi) is 4.93. The van der Waals surface area contributed by atoms with Gasteiger partial charge in [0.25, 0.3) is 0 Å². The molecule has 0 saturated heterocycles. The Balaban J connectivity index is 1.91. The van der Waals surface area contributed by atoms with Gasteiger partial charge in [-0.15, -0.1) is 0 Å². The zero-order valence-electron chi connectivity index (χ0n) is 14.8. The molecule has 1 N–H and O–H groups in total. The molecule has 0 saturated carbocycles. The van der Waals surface area contributed by atoms with Crippen LogP contribution in [0.25, 0.3) is 11.0 Å². The monoisotopic (exact) mass is 396 g/mol.